The fourth-order valence-corrected chi connectivity index (χ4v) is 5.25. The molecule has 0 unspecified atom stereocenters. The summed E-state index contributed by atoms with van der Waals surface area (Å²) in [5.74, 6) is 1.87. The van der Waals surface area contributed by atoms with Crippen molar-refractivity contribution in [3.05, 3.63) is 65.4 Å². The predicted molar refractivity (Wildman–Crippen MR) is 155 cm³/mol. The fraction of sp³-hybridized carbons (Fsp3) is 0.485. The Hall–Kier alpha value is -2.81. The third kappa shape index (κ3) is 5.61. The van der Waals surface area contributed by atoms with Crippen molar-refractivity contribution in [3.8, 4) is 11.6 Å². The zero-order chi connectivity index (χ0) is 26.1. The van der Waals surface area contributed by atoms with Crippen LogP contribution in [0.3, 0.4) is 0 Å². The summed E-state index contributed by atoms with van der Waals surface area (Å²) in [5.41, 5.74) is 6.65. The zero-order valence-electron chi connectivity index (χ0n) is 23.7. The number of pyridine rings is 1. The van der Waals surface area contributed by atoms with E-state index < -0.39 is 0 Å². The zero-order valence-corrected chi connectivity index (χ0v) is 23.7. The first kappa shape index (κ1) is 26.3. The predicted octanol–water partition coefficient (Wildman–Crippen LogP) is 9.20. The number of unbranched alkanes of at least 4 members (excludes halogenated alkanes) is 3. The number of aryl methyl sites for hydroxylation is 1. The molecule has 0 N–H and O–H groups in total. The van der Waals surface area contributed by atoms with Crippen LogP contribution in [0.15, 0.2) is 48.7 Å². The van der Waals surface area contributed by atoms with Crippen LogP contribution in [0, 0.1) is 5.41 Å². The third-order valence-electron chi connectivity index (χ3n) is 7.10. The van der Waals surface area contributed by atoms with Gasteiger partial charge >= 0.3 is 0 Å². The van der Waals surface area contributed by atoms with Gasteiger partial charge in [-0.15, -0.1) is 0 Å². The van der Waals surface area contributed by atoms with E-state index in [1.165, 1.54) is 64.2 Å². The molecular formula is C33H44N2O. The van der Waals surface area contributed by atoms with Crippen LogP contribution in [0.25, 0.3) is 27.6 Å². The van der Waals surface area contributed by atoms with Crippen molar-refractivity contribution in [3.63, 3.8) is 0 Å². The normalized spacial score (nSPS) is 12.6. The van der Waals surface area contributed by atoms with E-state index in [1.54, 1.807) is 7.11 Å². The topological polar surface area (TPSA) is 27.1 Å². The lowest BCUT2D eigenvalue weighted by atomic mass is 9.86. The number of methoxy groups -OCH3 is 1. The second-order valence-electron chi connectivity index (χ2n) is 12.6. The van der Waals surface area contributed by atoms with E-state index in [1.807, 2.05) is 6.20 Å². The third-order valence-corrected chi connectivity index (χ3v) is 7.10. The minimum absolute atomic E-state index is 0.0528. The maximum atomic E-state index is 5.81. The molecule has 2 heterocycles. The fourth-order valence-electron chi connectivity index (χ4n) is 5.25. The van der Waals surface area contributed by atoms with E-state index >= 15 is 0 Å². The van der Waals surface area contributed by atoms with Crippen molar-refractivity contribution >= 4 is 21.8 Å². The summed E-state index contributed by atoms with van der Waals surface area (Å²) in [4.78, 5) is 4.87. The average molecular weight is 485 g/mol. The number of hydrogen-bond donors (Lipinski definition) is 0. The van der Waals surface area contributed by atoms with Crippen molar-refractivity contribution in [1.82, 2.24) is 9.55 Å². The molecule has 4 aromatic rings. The van der Waals surface area contributed by atoms with Crippen LogP contribution >= 0.6 is 0 Å². The van der Waals surface area contributed by atoms with E-state index in [2.05, 4.69) is 95.5 Å². The SMILES string of the molecule is CCCCCCc1ccc2c(c1)c1c(CC(C)(C)C)cc(OC)cc1n2-c1cc(C(C)(C)C)ccn1. The van der Waals surface area contributed by atoms with Crippen LogP contribution in [-0.4, -0.2) is 16.7 Å². The number of hydrogen-bond acceptors (Lipinski definition) is 2. The smallest absolute Gasteiger partial charge is 0.137 e. The van der Waals surface area contributed by atoms with Gasteiger partial charge in [0.25, 0.3) is 0 Å². The molecule has 0 amide bonds. The Balaban J connectivity index is 2.00. The second-order valence-corrected chi connectivity index (χ2v) is 12.6. The maximum Gasteiger partial charge on any atom is 0.137 e. The monoisotopic (exact) mass is 484 g/mol. The van der Waals surface area contributed by atoms with Gasteiger partial charge in [-0.1, -0.05) is 73.8 Å². The standard InChI is InChI=1S/C33H44N2O/c1-9-10-11-12-13-23-14-15-28-27(18-23)31-24(22-32(2,3)4)19-26(36-8)21-29(31)35(28)30-20-25(16-17-34-30)33(5,6)7/h14-21H,9-13,22H2,1-8H3. The highest BCUT2D eigenvalue weighted by molar-refractivity contribution is 6.11. The maximum absolute atomic E-state index is 5.81. The van der Waals surface area contributed by atoms with Gasteiger partial charge in [0.1, 0.15) is 11.6 Å². The van der Waals surface area contributed by atoms with Crippen LogP contribution in [0.2, 0.25) is 0 Å². The molecule has 192 valence electrons. The summed E-state index contributed by atoms with van der Waals surface area (Å²) >= 11 is 0. The highest BCUT2D eigenvalue weighted by Gasteiger charge is 2.22. The molecule has 36 heavy (non-hydrogen) atoms. The van der Waals surface area contributed by atoms with Gasteiger partial charge in [-0.3, -0.25) is 4.57 Å². The number of benzene rings is 2. The minimum atomic E-state index is 0.0528. The molecule has 0 spiro atoms. The van der Waals surface area contributed by atoms with E-state index in [4.69, 9.17) is 9.72 Å². The molecule has 0 aliphatic heterocycles. The van der Waals surface area contributed by atoms with Crippen LogP contribution in [0.1, 0.15) is 90.8 Å². The van der Waals surface area contributed by atoms with Crippen molar-refractivity contribution < 1.29 is 4.74 Å². The molecule has 3 nitrogen and oxygen atoms in total. The molecule has 4 rings (SSSR count). The van der Waals surface area contributed by atoms with Crippen molar-refractivity contribution in [2.75, 3.05) is 7.11 Å². The molecule has 0 aliphatic rings. The molecule has 0 radical (unpaired) electrons. The van der Waals surface area contributed by atoms with Gasteiger partial charge in [0, 0.05) is 23.0 Å². The molecule has 3 heteroatoms. The molecule has 2 aromatic carbocycles. The molecule has 2 aromatic heterocycles. The quantitative estimate of drug-likeness (QED) is 0.233. The highest BCUT2D eigenvalue weighted by atomic mass is 16.5. The number of ether oxygens (including phenoxy) is 1. The molecule has 0 fully saturated rings. The first-order valence-electron chi connectivity index (χ1n) is 13.6. The Morgan fingerprint density at radius 1 is 0.861 bits per heavy atom. The molecule has 0 aliphatic carbocycles. The van der Waals surface area contributed by atoms with E-state index in [0.717, 1.165) is 24.4 Å². The number of fused-ring (bicyclic) bond motifs is 3. The molecule has 0 atom stereocenters. The summed E-state index contributed by atoms with van der Waals surface area (Å²) in [6.07, 6.45) is 9.19. The minimum Gasteiger partial charge on any atom is -0.497 e. The van der Waals surface area contributed by atoms with Crippen LogP contribution in [-0.2, 0) is 18.3 Å². The van der Waals surface area contributed by atoms with Gasteiger partial charge in [-0.2, -0.15) is 0 Å². The van der Waals surface area contributed by atoms with Crippen LogP contribution in [0.4, 0.5) is 0 Å². The number of nitrogens with zero attached hydrogens (tertiary/aromatic N) is 2. The molecular weight excluding hydrogens is 440 g/mol. The van der Waals surface area contributed by atoms with Crippen LogP contribution in [0.5, 0.6) is 5.75 Å². The molecule has 0 saturated carbocycles. The van der Waals surface area contributed by atoms with Crippen molar-refractivity contribution in [2.45, 2.75) is 92.4 Å². The summed E-state index contributed by atoms with van der Waals surface area (Å²) in [7, 11) is 1.77. The Bertz CT molecular complexity index is 1350. The number of aromatic nitrogens is 2. The summed E-state index contributed by atoms with van der Waals surface area (Å²) < 4.78 is 8.15. The van der Waals surface area contributed by atoms with E-state index in [-0.39, 0.29) is 10.8 Å². The summed E-state index contributed by atoms with van der Waals surface area (Å²) in [5, 5.41) is 2.65. The second kappa shape index (κ2) is 10.3. The Kier molecular flexibility index (Phi) is 7.50. The van der Waals surface area contributed by atoms with Gasteiger partial charge < -0.3 is 4.74 Å². The Morgan fingerprint density at radius 2 is 1.64 bits per heavy atom. The number of rotatable bonds is 8. The van der Waals surface area contributed by atoms with Gasteiger partial charge in [0.05, 0.1) is 18.1 Å². The lowest BCUT2D eigenvalue weighted by Gasteiger charge is -2.20. The average Bonchev–Trinajstić information content (AvgIpc) is 3.14. The van der Waals surface area contributed by atoms with Gasteiger partial charge in [0.15, 0.2) is 0 Å². The first-order chi connectivity index (χ1) is 17.0. The summed E-state index contributed by atoms with van der Waals surface area (Å²) in [6.45, 7) is 16.0. The van der Waals surface area contributed by atoms with E-state index in [0.29, 0.717) is 0 Å². The lowest BCUT2D eigenvalue weighted by molar-refractivity contribution is 0.403. The van der Waals surface area contributed by atoms with Gasteiger partial charge in [-0.25, -0.2) is 4.98 Å². The van der Waals surface area contributed by atoms with Gasteiger partial charge in [0.2, 0.25) is 0 Å². The van der Waals surface area contributed by atoms with Crippen molar-refractivity contribution in [1.29, 1.82) is 0 Å². The van der Waals surface area contributed by atoms with E-state index in [9.17, 15) is 0 Å². The Morgan fingerprint density at radius 3 is 2.31 bits per heavy atom. The van der Waals surface area contributed by atoms with Gasteiger partial charge in [-0.05, 0) is 77.1 Å². The van der Waals surface area contributed by atoms with Crippen LogP contribution < -0.4 is 4.74 Å². The summed E-state index contributed by atoms with van der Waals surface area (Å²) in [6, 6.07) is 15.9. The lowest BCUT2D eigenvalue weighted by Crippen LogP contribution is -2.12. The molecule has 0 bridgehead atoms. The Labute approximate surface area is 217 Å². The highest BCUT2D eigenvalue weighted by Crippen LogP contribution is 2.39. The van der Waals surface area contributed by atoms with Crippen molar-refractivity contribution in [2.24, 2.45) is 5.41 Å². The molecule has 0 saturated heterocycles. The largest absolute Gasteiger partial charge is 0.497 e. The first-order valence-corrected chi connectivity index (χ1v) is 13.6.